The minimum absolute atomic E-state index is 0.141. The Kier molecular flexibility index (Phi) is 6.03. The first kappa shape index (κ1) is 21.4. The molecule has 0 aromatic heterocycles. The van der Waals surface area contributed by atoms with E-state index in [9.17, 15) is 10.1 Å². The van der Waals surface area contributed by atoms with Crippen LogP contribution < -0.4 is 4.90 Å². The van der Waals surface area contributed by atoms with Gasteiger partial charge in [-0.3, -0.25) is 10.1 Å². The third-order valence-corrected chi connectivity index (χ3v) is 6.72. The van der Waals surface area contributed by atoms with Gasteiger partial charge < -0.3 is 9.38 Å². The van der Waals surface area contributed by atoms with Gasteiger partial charge in [0.2, 0.25) is 0 Å². The summed E-state index contributed by atoms with van der Waals surface area (Å²) in [7, 11) is 4.46. The van der Waals surface area contributed by atoms with E-state index >= 15 is 0 Å². The van der Waals surface area contributed by atoms with Crippen LogP contribution in [0.2, 0.25) is 0 Å². The Bertz CT molecular complexity index is 1040. The maximum absolute atomic E-state index is 10.9. The van der Waals surface area contributed by atoms with E-state index in [1.54, 1.807) is 12.1 Å². The van der Waals surface area contributed by atoms with Crippen LogP contribution in [0, 0.1) is 16.0 Å². The summed E-state index contributed by atoms with van der Waals surface area (Å²) in [4.78, 5) is 15.6. The zero-order chi connectivity index (χ0) is 22.0. The number of fused-ring (bicyclic) bond motifs is 2. The van der Waals surface area contributed by atoms with E-state index in [1.807, 2.05) is 23.9 Å². The van der Waals surface area contributed by atoms with Crippen molar-refractivity contribution in [2.75, 3.05) is 32.1 Å². The van der Waals surface area contributed by atoms with Gasteiger partial charge in [0.1, 0.15) is 6.54 Å². The number of benzene rings is 3. The molecule has 0 saturated carbocycles. The van der Waals surface area contributed by atoms with Gasteiger partial charge in [-0.05, 0) is 36.4 Å². The summed E-state index contributed by atoms with van der Waals surface area (Å²) in [5, 5.41) is 10.9. The molecule has 160 valence electrons. The van der Waals surface area contributed by atoms with E-state index in [4.69, 9.17) is 0 Å². The number of anilines is 2. The van der Waals surface area contributed by atoms with Crippen molar-refractivity contribution in [3.8, 4) is 0 Å². The predicted octanol–water partition coefficient (Wildman–Crippen LogP) is 6.11. The number of nitro benzene ring substituents is 1. The minimum Gasteiger partial charge on any atom is -0.339 e. The normalized spacial score (nSPS) is 14.0. The summed E-state index contributed by atoms with van der Waals surface area (Å²) in [6, 6.07) is 24.2. The number of nitrogens with zero attached hydrogens (tertiary/aromatic N) is 3. The maximum Gasteiger partial charge on any atom is 0.269 e. The molecular weight excluding hydrogens is 406 g/mol. The molecule has 1 aliphatic rings. The van der Waals surface area contributed by atoms with Gasteiger partial charge in [-0.15, -0.1) is 0 Å². The second-order valence-electron chi connectivity index (χ2n) is 8.95. The maximum atomic E-state index is 10.9. The Morgan fingerprint density at radius 2 is 1.48 bits per heavy atom. The molecule has 0 aliphatic carbocycles. The predicted molar refractivity (Wildman–Crippen MR) is 127 cm³/mol. The molecule has 1 aliphatic heterocycles. The number of hydrogen-bond acceptors (Lipinski definition) is 4. The van der Waals surface area contributed by atoms with Crippen LogP contribution in [0.1, 0.15) is 12.5 Å². The van der Waals surface area contributed by atoms with Crippen LogP contribution in [0.5, 0.6) is 0 Å². The summed E-state index contributed by atoms with van der Waals surface area (Å²) in [5.41, 5.74) is 3.81. The first-order chi connectivity index (χ1) is 14.8. The Hall–Kier alpha value is -2.83. The summed E-state index contributed by atoms with van der Waals surface area (Å²) < 4.78 is 0.824. The summed E-state index contributed by atoms with van der Waals surface area (Å²) in [6.45, 7) is 5.09. The Morgan fingerprint density at radius 1 is 0.935 bits per heavy atom. The molecule has 6 heteroatoms. The van der Waals surface area contributed by atoms with Gasteiger partial charge in [-0.1, -0.05) is 43.0 Å². The van der Waals surface area contributed by atoms with Crippen LogP contribution in [0.4, 0.5) is 17.1 Å². The lowest BCUT2D eigenvalue weighted by Crippen LogP contribution is -2.44. The molecule has 1 atom stereocenters. The number of rotatable bonds is 7. The van der Waals surface area contributed by atoms with Crippen LogP contribution in [0.25, 0.3) is 0 Å². The molecule has 0 fully saturated rings. The molecule has 31 heavy (non-hydrogen) atoms. The number of nitro groups is 1. The molecule has 0 bridgehead atoms. The third kappa shape index (κ3) is 4.92. The third-order valence-electron chi connectivity index (χ3n) is 5.59. The van der Waals surface area contributed by atoms with Crippen LogP contribution in [-0.2, 0) is 6.54 Å². The van der Waals surface area contributed by atoms with Crippen molar-refractivity contribution in [2.45, 2.75) is 23.3 Å². The Labute approximate surface area is 188 Å². The number of non-ortho nitro benzene ring substituents is 1. The second-order valence-corrected chi connectivity index (χ2v) is 10.0. The van der Waals surface area contributed by atoms with Crippen molar-refractivity contribution in [1.29, 1.82) is 0 Å². The van der Waals surface area contributed by atoms with E-state index in [-0.39, 0.29) is 10.6 Å². The average molecular weight is 435 g/mol. The van der Waals surface area contributed by atoms with Crippen molar-refractivity contribution < 1.29 is 9.41 Å². The average Bonchev–Trinajstić information content (AvgIpc) is 2.73. The zero-order valence-electron chi connectivity index (χ0n) is 18.2. The van der Waals surface area contributed by atoms with Crippen molar-refractivity contribution in [1.82, 2.24) is 0 Å². The molecule has 0 spiro atoms. The van der Waals surface area contributed by atoms with E-state index in [1.165, 1.54) is 21.2 Å². The molecule has 0 N–H and O–H groups in total. The minimum atomic E-state index is -0.349. The smallest absolute Gasteiger partial charge is 0.269 e. The first-order valence-electron chi connectivity index (χ1n) is 10.5. The molecule has 3 aromatic rings. The molecule has 0 radical (unpaired) electrons. The SMILES string of the molecule is CC(CN1c2ccccc2Sc2ccccc21)C[N+](C)(C)Cc1ccc([N+](=O)[O-])cc1. The van der Waals surface area contributed by atoms with Crippen molar-refractivity contribution >= 4 is 28.8 Å². The topological polar surface area (TPSA) is 46.4 Å². The van der Waals surface area contributed by atoms with Crippen LogP contribution in [-0.4, -0.2) is 36.6 Å². The highest BCUT2D eigenvalue weighted by Gasteiger charge is 2.27. The van der Waals surface area contributed by atoms with Crippen LogP contribution in [0.15, 0.2) is 82.6 Å². The molecule has 4 rings (SSSR count). The second kappa shape index (κ2) is 8.73. The fourth-order valence-electron chi connectivity index (χ4n) is 4.47. The van der Waals surface area contributed by atoms with E-state index in [0.717, 1.165) is 29.7 Å². The highest BCUT2D eigenvalue weighted by molar-refractivity contribution is 7.99. The van der Waals surface area contributed by atoms with Crippen LogP contribution in [0.3, 0.4) is 0 Å². The van der Waals surface area contributed by atoms with Gasteiger partial charge in [-0.25, -0.2) is 0 Å². The summed E-state index contributed by atoms with van der Waals surface area (Å²) in [5.74, 6) is 0.456. The molecular formula is C25H28N3O2S+. The van der Waals surface area contributed by atoms with Gasteiger partial charge in [0.15, 0.2) is 0 Å². The lowest BCUT2D eigenvalue weighted by Gasteiger charge is -2.37. The van der Waals surface area contributed by atoms with E-state index in [0.29, 0.717) is 5.92 Å². The molecule has 3 aromatic carbocycles. The first-order valence-corrected chi connectivity index (χ1v) is 11.3. The van der Waals surface area contributed by atoms with Gasteiger partial charge in [-0.2, -0.15) is 0 Å². The Balaban J connectivity index is 1.48. The van der Waals surface area contributed by atoms with Crippen molar-refractivity contribution in [3.05, 3.63) is 88.5 Å². The number of quaternary nitrogens is 1. The Morgan fingerprint density at radius 3 is 2.03 bits per heavy atom. The lowest BCUT2D eigenvalue weighted by atomic mass is 10.1. The van der Waals surface area contributed by atoms with E-state index in [2.05, 4.69) is 74.4 Å². The van der Waals surface area contributed by atoms with E-state index < -0.39 is 0 Å². The fraction of sp³-hybridized carbons (Fsp3) is 0.280. The van der Waals surface area contributed by atoms with Gasteiger partial charge >= 0.3 is 0 Å². The largest absolute Gasteiger partial charge is 0.339 e. The molecule has 1 unspecified atom stereocenters. The fourth-order valence-corrected chi connectivity index (χ4v) is 5.57. The monoisotopic (exact) mass is 434 g/mol. The molecule has 0 saturated heterocycles. The van der Waals surface area contributed by atoms with Crippen molar-refractivity contribution in [2.24, 2.45) is 5.92 Å². The molecule has 0 amide bonds. The highest BCUT2D eigenvalue weighted by Crippen LogP contribution is 2.48. The van der Waals surface area contributed by atoms with Gasteiger partial charge in [0, 0.05) is 39.9 Å². The van der Waals surface area contributed by atoms with Crippen LogP contribution >= 0.6 is 11.8 Å². The molecule has 5 nitrogen and oxygen atoms in total. The number of hydrogen-bond donors (Lipinski definition) is 0. The van der Waals surface area contributed by atoms with Crippen molar-refractivity contribution in [3.63, 3.8) is 0 Å². The molecule has 1 heterocycles. The summed E-state index contributed by atoms with van der Waals surface area (Å²) >= 11 is 1.84. The van der Waals surface area contributed by atoms with Gasteiger partial charge in [0.05, 0.1) is 36.9 Å². The highest BCUT2D eigenvalue weighted by atomic mass is 32.2. The quantitative estimate of drug-likeness (QED) is 0.256. The lowest BCUT2D eigenvalue weighted by molar-refractivity contribution is -0.906. The standard InChI is InChI=1S/C25H28N3O2S/c1-19(17-28(2,3)18-20-12-14-21(15-13-20)27(29)30)16-26-22-8-4-6-10-24(22)31-25-11-7-5-9-23(25)26/h4-15,19H,16-18H2,1-3H3/q+1. The van der Waals surface area contributed by atoms with Gasteiger partial charge in [0.25, 0.3) is 5.69 Å². The number of para-hydroxylation sites is 2. The zero-order valence-corrected chi connectivity index (χ0v) is 19.0. The summed E-state index contributed by atoms with van der Waals surface area (Å²) in [6.07, 6.45) is 0.